The van der Waals surface area contributed by atoms with Crippen molar-refractivity contribution in [3.05, 3.63) is 29.6 Å². The minimum Gasteiger partial charge on any atom is -0.478 e. The van der Waals surface area contributed by atoms with Crippen molar-refractivity contribution in [3.63, 3.8) is 0 Å². The number of hydrogen-bond donors (Lipinski definition) is 2. The summed E-state index contributed by atoms with van der Waals surface area (Å²) >= 11 is 0. The molecule has 0 aliphatic carbocycles. The second kappa shape index (κ2) is 2.95. The zero-order valence-electron chi connectivity index (χ0n) is 7.02. The van der Waals surface area contributed by atoms with Gasteiger partial charge in [-0.2, -0.15) is 0 Å². The van der Waals surface area contributed by atoms with Crippen LogP contribution in [0.15, 0.2) is 18.5 Å². The summed E-state index contributed by atoms with van der Waals surface area (Å²) < 4.78 is 0. The van der Waals surface area contributed by atoms with Crippen molar-refractivity contribution >= 4 is 23.3 Å². The van der Waals surface area contributed by atoms with Gasteiger partial charge in [0.15, 0.2) is 6.29 Å². The van der Waals surface area contributed by atoms with Crippen molar-refractivity contribution in [2.24, 2.45) is 0 Å². The normalized spacial score (nSPS) is 10.3. The zero-order valence-corrected chi connectivity index (χ0v) is 7.02. The first-order chi connectivity index (χ1) is 6.72. The molecule has 0 amide bonds. The highest BCUT2D eigenvalue weighted by Crippen LogP contribution is 2.15. The van der Waals surface area contributed by atoms with Crippen LogP contribution in [0.1, 0.15) is 20.7 Å². The maximum absolute atomic E-state index is 10.7. The number of nitrogens with one attached hydrogen (secondary N) is 1. The lowest BCUT2D eigenvalue weighted by Crippen LogP contribution is -2.01. The number of carboxylic acid groups (broad SMARTS) is 1. The van der Waals surface area contributed by atoms with Gasteiger partial charge in [-0.1, -0.05) is 0 Å². The lowest BCUT2D eigenvalue weighted by atomic mass is 10.1. The predicted octanol–water partition coefficient (Wildman–Crippen LogP) is 1.07. The van der Waals surface area contributed by atoms with Crippen molar-refractivity contribution in [2.75, 3.05) is 0 Å². The molecular formula is C9H6N2O3. The second-order valence-corrected chi connectivity index (χ2v) is 2.78. The molecule has 1 heterocycles. The Morgan fingerprint density at radius 3 is 2.93 bits per heavy atom. The van der Waals surface area contributed by atoms with Crippen LogP contribution < -0.4 is 0 Å². The molecule has 14 heavy (non-hydrogen) atoms. The van der Waals surface area contributed by atoms with E-state index in [1.807, 2.05) is 0 Å². The van der Waals surface area contributed by atoms with Gasteiger partial charge in [0, 0.05) is 5.56 Å². The number of aromatic nitrogens is 2. The van der Waals surface area contributed by atoms with E-state index >= 15 is 0 Å². The molecule has 5 heteroatoms. The number of carbonyl (C=O) groups excluding carboxylic acids is 1. The topological polar surface area (TPSA) is 83.0 Å². The molecule has 1 aromatic carbocycles. The van der Waals surface area contributed by atoms with Crippen LogP contribution in [0.25, 0.3) is 11.0 Å². The van der Waals surface area contributed by atoms with Crippen molar-refractivity contribution in [3.8, 4) is 0 Å². The van der Waals surface area contributed by atoms with E-state index in [-0.39, 0.29) is 11.1 Å². The minimum absolute atomic E-state index is 0.0281. The molecule has 2 aromatic rings. The van der Waals surface area contributed by atoms with Crippen LogP contribution in [0, 0.1) is 0 Å². The van der Waals surface area contributed by atoms with Crippen LogP contribution in [0.3, 0.4) is 0 Å². The summed E-state index contributed by atoms with van der Waals surface area (Å²) in [6, 6.07) is 2.84. The summed E-state index contributed by atoms with van der Waals surface area (Å²) in [6.45, 7) is 0. The Morgan fingerprint density at radius 1 is 1.50 bits per heavy atom. The zero-order chi connectivity index (χ0) is 10.1. The van der Waals surface area contributed by atoms with Crippen molar-refractivity contribution in [1.29, 1.82) is 0 Å². The summed E-state index contributed by atoms with van der Waals surface area (Å²) in [5, 5.41) is 8.80. The Kier molecular flexibility index (Phi) is 1.78. The van der Waals surface area contributed by atoms with Gasteiger partial charge in [0.25, 0.3) is 0 Å². The quantitative estimate of drug-likeness (QED) is 0.694. The first-order valence-electron chi connectivity index (χ1n) is 3.88. The average Bonchev–Trinajstić information content (AvgIpc) is 2.62. The van der Waals surface area contributed by atoms with Crippen LogP contribution >= 0.6 is 0 Å². The van der Waals surface area contributed by atoms with E-state index in [0.717, 1.165) is 0 Å². The Bertz CT molecular complexity index is 516. The number of fused-ring (bicyclic) bond motifs is 1. The molecule has 1 aromatic heterocycles. The van der Waals surface area contributed by atoms with E-state index in [9.17, 15) is 9.59 Å². The minimum atomic E-state index is -1.13. The van der Waals surface area contributed by atoms with Crippen molar-refractivity contribution < 1.29 is 14.7 Å². The molecule has 0 aliphatic rings. The third-order valence-electron chi connectivity index (χ3n) is 1.95. The van der Waals surface area contributed by atoms with E-state index in [0.29, 0.717) is 17.3 Å². The van der Waals surface area contributed by atoms with E-state index in [1.165, 1.54) is 18.5 Å². The van der Waals surface area contributed by atoms with Gasteiger partial charge in [0.1, 0.15) is 0 Å². The smallest absolute Gasteiger partial charge is 0.336 e. The summed E-state index contributed by atoms with van der Waals surface area (Å²) in [6.07, 6.45) is 1.97. The van der Waals surface area contributed by atoms with E-state index < -0.39 is 5.97 Å². The molecular weight excluding hydrogens is 184 g/mol. The summed E-state index contributed by atoms with van der Waals surface area (Å²) in [4.78, 5) is 28.0. The molecule has 0 saturated heterocycles. The molecule has 0 bridgehead atoms. The molecule has 70 valence electrons. The number of aromatic carboxylic acids is 1. The number of carboxylic acids is 1. The fourth-order valence-corrected chi connectivity index (χ4v) is 1.28. The fourth-order valence-electron chi connectivity index (χ4n) is 1.28. The molecule has 0 saturated carbocycles. The molecule has 2 N–H and O–H groups in total. The van der Waals surface area contributed by atoms with E-state index in [4.69, 9.17) is 5.11 Å². The third kappa shape index (κ3) is 1.15. The predicted molar refractivity (Wildman–Crippen MR) is 48.4 cm³/mol. The maximum atomic E-state index is 10.7. The number of imidazole rings is 1. The number of H-pyrrole nitrogens is 1. The van der Waals surface area contributed by atoms with Crippen LogP contribution in [-0.4, -0.2) is 27.3 Å². The van der Waals surface area contributed by atoms with Gasteiger partial charge in [-0.3, -0.25) is 4.79 Å². The number of hydrogen-bond acceptors (Lipinski definition) is 3. The first kappa shape index (κ1) is 8.43. The van der Waals surface area contributed by atoms with Gasteiger partial charge >= 0.3 is 5.97 Å². The second-order valence-electron chi connectivity index (χ2n) is 2.78. The number of nitrogens with zero attached hydrogens (tertiary/aromatic N) is 1. The summed E-state index contributed by atoms with van der Waals surface area (Å²) in [5.74, 6) is -1.13. The standard InChI is InChI=1S/C9H6N2O3/c12-3-5-1-7-8(11-4-10-7)2-6(5)9(13)14/h1-4H,(H,10,11)(H,13,14). The van der Waals surface area contributed by atoms with Gasteiger partial charge < -0.3 is 10.1 Å². The molecule has 5 nitrogen and oxygen atoms in total. The third-order valence-corrected chi connectivity index (χ3v) is 1.95. The molecule has 0 aliphatic heterocycles. The van der Waals surface area contributed by atoms with Gasteiger partial charge in [-0.25, -0.2) is 9.78 Å². The number of aromatic amines is 1. The fraction of sp³-hybridized carbons (Fsp3) is 0. The van der Waals surface area contributed by atoms with Crippen LogP contribution in [0.5, 0.6) is 0 Å². The largest absolute Gasteiger partial charge is 0.478 e. The lowest BCUT2D eigenvalue weighted by Gasteiger charge is -1.98. The van der Waals surface area contributed by atoms with Crippen molar-refractivity contribution in [1.82, 2.24) is 9.97 Å². The van der Waals surface area contributed by atoms with Gasteiger partial charge in [-0.15, -0.1) is 0 Å². The Morgan fingerprint density at radius 2 is 2.29 bits per heavy atom. The van der Waals surface area contributed by atoms with Gasteiger partial charge in [0.05, 0.1) is 22.9 Å². The molecule has 0 radical (unpaired) electrons. The molecule has 2 rings (SSSR count). The molecule has 0 atom stereocenters. The monoisotopic (exact) mass is 190 g/mol. The molecule has 0 spiro atoms. The maximum Gasteiger partial charge on any atom is 0.336 e. The van der Waals surface area contributed by atoms with Crippen LogP contribution in [0.2, 0.25) is 0 Å². The number of aldehydes is 1. The molecule has 0 unspecified atom stereocenters. The summed E-state index contributed by atoms with van der Waals surface area (Å²) in [5.41, 5.74) is 1.30. The van der Waals surface area contributed by atoms with Crippen molar-refractivity contribution in [2.45, 2.75) is 0 Å². The number of carbonyl (C=O) groups is 2. The van der Waals surface area contributed by atoms with Crippen LogP contribution in [-0.2, 0) is 0 Å². The SMILES string of the molecule is O=Cc1cc2[nH]cnc2cc1C(=O)O. The molecule has 0 fully saturated rings. The summed E-state index contributed by atoms with van der Waals surface area (Å²) in [7, 11) is 0. The highest BCUT2D eigenvalue weighted by molar-refractivity contribution is 6.01. The van der Waals surface area contributed by atoms with Gasteiger partial charge in [-0.05, 0) is 12.1 Å². The first-order valence-corrected chi connectivity index (χ1v) is 3.88. The van der Waals surface area contributed by atoms with Gasteiger partial charge in [0.2, 0.25) is 0 Å². The lowest BCUT2D eigenvalue weighted by molar-refractivity contribution is 0.0694. The van der Waals surface area contributed by atoms with E-state index in [2.05, 4.69) is 9.97 Å². The number of benzene rings is 1. The Balaban J connectivity index is 2.78. The Labute approximate surface area is 78.4 Å². The average molecular weight is 190 g/mol. The highest BCUT2D eigenvalue weighted by atomic mass is 16.4. The number of rotatable bonds is 2. The van der Waals surface area contributed by atoms with Crippen LogP contribution in [0.4, 0.5) is 0 Å². The van der Waals surface area contributed by atoms with E-state index in [1.54, 1.807) is 0 Å². The Hall–Kier alpha value is -2.17. The highest BCUT2D eigenvalue weighted by Gasteiger charge is 2.11.